The van der Waals surface area contributed by atoms with Gasteiger partial charge in [-0.1, -0.05) is 136 Å². The van der Waals surface area contributed by atoms with Gasteiger partial charge in [0.2, 0.25) is 5.91 Å². The maximum atomic E-state index is 12.7. The number of unbranched alkanes of at least 4 members (excludes halogenated alkanes) is 15. The summed E-state index contributed by atoms with van der Waals surface area (Å²) in [6.45, 7) is 5.09. The van der Waals surface area contributed by atoms with Crippen LogP contribution in [0, 0.1) is 5.92 Å². The van der Waals surface area contributed by atoms with Crippen LogP contribution in [0.4, 0.5) is 0 Å². The molecule has 0 spiro atoms. The number of nitrogens with zero attached hydrogens (tertiary/aromatic N) is 1. The molecule has 4 atom stereocenters. The van der Waals surface area contributed by atoms with Gasteiger partial charge in [0.05, 0.1) is 7.11 Å². The number of rotatable bonds is 31. The topological polar surface area (TPSA) is 174 Å². The van der Waals surface area contributed by atoms with Crippen molar-refractivity contribution in [2.24, 2.45) is 5.92 Å². The second-order valence-electron chi connectivity index (χ2n) is 14.3. The van der Waals surface area contributed by atoms with Gasteiger partial charge in [0.15, 0.2) is 0 Å². The van der Waals surface area contributed by atoms with Crippen LogP contribution in [0.3, 0.4) is 0 Å². The average Bonchev–Trinajstić information content (AvgIpc) is 3.06. The second kappa shape index (κ2) is 27.3. The first kappa shape index (κ1) is 46.7. The summed E-state index contributed by atoms with van der Waals surface area (Å²) >= 11 is 0. The van der Waals surface area contributed by atoms with Crippen LogP contribution in [-0.2, 0) is 43.5 Å². The molecule has 1 saturated heterocycles. The van der Waals surface area contributed by atoms with Gasteiger partial charge >= 0.3 is 26.8 Å². The molecule has 1 amide bonds. The van der Waals surface area contributed by atoms with E-state index in [0.29, 0.717) is 38.1 Å². The Morgan fingerprint density at radius 2 is 1.08 bits per heavy atom. The first-order chi connectivity index (χ1) is 23.8. The Hall–Kier alpha value is -1.32. The minimum absolute atomic E-state index is 0.0315. The highest BCUT2D eigenvalue weighted by molar-refractivity contribution is 7.81. The Bertz CT molecular complexity index is 1120. The monoisotopic (exact) mass is 755 g/mol. The fourth-order valence-electron chi connectivity index (χ4n) is 6.95. The molecule has 0 saturated carbocycles. The lowest BCUT2D eigenvalue weighted by Gasteiger charge is -2.33. The summed E-state index contributed by atoms with van der Waals surface area (Å²) in [5, 5.41) is 0. The molecule has 0 aromatic heterocycles. The van der Waals surface area contributed by atoms with E-state index < -0.39 is 39.0 Å². The minimum Gasteiger partial charge on any atom is -0.467 e. The quantitative estimate of drug-likeness (QED) is 0.0394. The van der Waals surface area contributed by atoms with Gasteiger partial charge in [-0.15, -0.1) is 0 Å². The Kier molecular flexibility index (Phi) is 25.5. The van der Waals surface area contributed by atoms with Crippen LogP contribution in [0.1, 0.15) is 181 Å². The smallest absolute Gasteiger partial charge is 0.397 e. The van der Waals surface area contributed by atoms with Crippen molar-refractivity contribution in [2.75, 3.05) is 13.7 Å². The number of piperidine rings is 1. The Morgan fingerprint density at radius 3 is 1.52 bits per heavy atom. The predicted octanol–water partition coefficient (Wildman–Crippen LogP) is 8.54. The molecule has 1 aliphatic heterocycles. The molecule has 50 heavy (non-hydrogen) atoms. The van der Waals surface area contributed by atoms with Crippen molar-refractivity contribution in [1.82, 2.24) is 4.90 Å². The second-order valence-corrected chi connectivity index (χ2v) is 16.4. The molecule has 1 heterocycles. The van der Waals surface area contributed by atoms with E-state index in [0.717, 1.165) is 96.3 Å². The van der Waals surface area contributed by atoms with Crippen LogP contribution in [-0.4, -0.2) is 74.6 Å². The minimum atomic E-state index is -4.86. The number of likely N-dealkylation sites (tertiary alicyclic amines) is 1. The molecule has 14 heteroatoms. The third-order valence-corrected chi connectivity index (χ3v) is 10.8. The lowest BCUT2D eigenvalue weighted by molar-refractivity contribution is -0.154. The first-order valence-corrected chi connectivity index (χ1v) is 22.2. The van der Waals surface area contributed by atoms with Gasteiger partial charge in [0.25, 0.3) is 0 Å². The van der Waals surface area contributed by atoms with Gasteiger partial charge in [-0.2, -0.15) is 16.8 Å². The molecule has 296 valence electrons. The van der Waals surface area contributed by atoms with E-state index in [1.54, 1.807) is 4.90 Å². The van der Waals surface area contributed by atoms with Gasteiger partial charge in [0, 0.05) is 13.0 Å². The standard InChI is InChI=1S/C36H69NO11S2/c1-4-5-6-17-24-31(2)25-18-15-16-20-28-34(48-50(43,44)45)33(47-49(40,41)42)27-19-13-11-9-7-8-10-12-14-21-29-35(38)37-30-23-22-26-32(37)36(39)46-3/h31-34H,4-30H2,1-3H3,(H,40,41,42)(H,43,44,45)/t31-,32?,33?,34?/m0/s1. The van der Waals surface area contributed by atoms with Gasteiger partial charge < -0.3 is 9.64 Å². The highest BCUT2D eigenvalue weighted by Gasteiger charge is 2.33. The van der Waals surface area contributed by atoms with Gasteiger partial charge in [-0.3, -0.25) is 13.9 Å². The molecule has 0 aromatic carbocycles. The molecule has 0 aromatic rings. The van der Waals surface area contributed by atoms with Crippen molar-refractivity contribution in [2.45, 2.75) is 199 Å². The van der Waals surface area contributed by atoms with Crippen LogP contribution >= 0.6 is 0 Å². The van der Waals surface area contributed by atoms with E-state index in [4.69, 9.17) is 13.1 Å². The molecule has 0 radical (unpaired) electrons. The summed E-state index contributed by atoms with van der Waals surface area (Å²) in [7, 11) is -8.36. The summed E-state index contributed by atoms with van der Waals surface area (Å²) < 4.78 is 79.7. The van der Waals surface area contributed by atoms with E-state index >= 15 is 0 Å². The van der Waals surface area contributed by atoms with Crippen LogP contribution in [0.15, 0.2) is 0 Å². The normalized spacial score (nSPS) is 17.4. The highest BCUT2D eigenvalue weighted by atomic mass is 32.3. The number of methoxy groups -OCH3 is 1. The summed E-state index contributed by atoms with van der Waals surface area (Å²) in [5.74, 6) is 0.367. The molecule has 2 N–H and O–H groups in total. The zero-order chi connectivity index (χ0) is 37.3. The van der Waals surface area contributed by atoms with Gasteiger partial charge in [0.1, 0.15) is 18.2 Å². The summed E-state index contributed by atoms with van der Waals surface area (Å²) in [4.78, 5) is 26.4. The molecule has 1 rings (SSSR count). The van der Waals surface area contributed by atoms with Crippen LogP contribution in [0.2, 0.25) is 0 Å². The van der Waals surface area contributed by atoms with E-state index in [1.807, 2.05) is 0 Å². The predicted molar refractivity (Wildman–Crippen MR) is 195 cm³/mol. The first-order valence-electron chi connectivity index (χ1n) is 19.5. The average molecular weight is 756 g/mol. The molecular formula is C36H69NO11S2. The van der Waals surface area contributed by atoms with Crippen LogP contribution < -0.4 is 0 Å². The number of carbonyl (C=O) groups excluding carboxylic acids is 2. The zero-order valence-electron chi connectivity index (χ0n) is 31.2. The van der Waals surface area contributed by atoms with Gasteiger partial charge in [-0.25, -0.2) is 13.2 Å². The Morgan fingerprint density at radius 1 is 0.660 bits per heavy atom. The van der Waals surface area contributed by atoms with E-state index in [-0.39, 0.29) is 24.7 Å². The van der Waals surface area contributed by atoms with Crippen molar-refractivity contribution >= 4 is 32.7 Å². The van der Waals surface area contributed by atoms with E-state index in [1.165, 1.54) is 39.2 Å². The maximum absolute atomic E-state index is 12.7. The third kappa shape index (κ3) is 24.0. The zero-order valence-corrected chi connectivity index (χ0v) is 32.9. The van der Waals surface area contributed by atoms with Crippen molar-refractivity contribution in [1.29, 1.82) is 0 Å². The molecule has 0 aliphatic carbocycles. The van der Waals surface area contributed by atoms with Gasteiger partial charge in [-0.05, 0) is 44.4 Å². The SMILES string of the molecule is CCCCCC[C@H](C)CCCCCCC(OS(=O)(=O)O)C(CCCCCCCCCCCCC(=O)N1CCCCC1C(=O)OC)OS(=O)(=O)O. The molecular weight excluding hydrogens is 687 g/mol. The van der Waals surface area contributed by atoms with Crippen molar-refractivity contribution in [3.8, 4) is 0 Å². The number of hydrogen-bond acceptors (Lipinski definition) is 9. The summed E-state index contributed by atoms with van der Waals surface area (Å²) in [5.41, 5.74) is 0. The largest absolute Gasteiger partial charge is 0.467 e. The third-order valence-electron chi connectivity index (χ3n) is 9.82. The van der Waals surface area contributed by atoms with E-state index in [9.17, 15) is 35.5 Å². The molecule has 1 fully saturated rings. The number of hydrogen-bond donors (Lipinski definition) is 2. The van der Waals surface area contributed by atoms with Crippen LogP contribution in [0.5, 0.6) is 0 Å². The number of esters is 1. The molecule has 3 unspecified atom stereocenters. The highest BCUT2D eigenvalue weighted by Crippen LogP contribution is 2.24. The number of amides is 1. The Labute approximate surface area is 304 Å². The fraction of sp³-hybridized carbons (Fsp3) is 0.944. The lowest BCUT2D eigenvalue weighted by Crippen LogP contribution is -2.48. The molecule has 12 nitrogen and oxygen atoms in total. The lowest BCUT2D eigenvalue weighted by atomic mass is 9.95. The van der Waals surface area contributed by atoms with E-state index in [2.05, 4.69) is 13.8 Å². The Balaban J connectivity index is 2.32. The molecule has 1 aliphatic rings. The number of carbonyl (C=O) groups is 2. The van der Waals surface area contributed by atoms with Crippen LogP contribution in [0.25, 0.3) is 0 Å². The van der Waals surface area contributed by atoms with Crippen molar-refractivity contribution < 1.29 is 48.6 Å². The van der Waals surface area contributed by atoms with Crippen molar-refractivity contribution in [3.63, 3.8) is 0 Å². The summed E-state index contributed by atoms with van der Waals surface area (Å²) in [6, 6.07) is -0.447. The molecule has 0 bridgehead atoms. The maximum Gasteiger partial charge on any atom is 0.397 e. The number of ether oxygens (including phenoxy) is 1. The van der Waals surface area contributed by atoms with Crippen molar-refractivity contribution in [3.05, 3.63) is 0 Å². The summed E-state index contributed by atoms with van der Waals surface area (Å²) in [6.07, 6.45) is 20.8. The fourth-order valence-corrected chi connectivity index (χ4v) is 8.02.